The van der Waals surface area contributed by atoms with Crippen molar-refractivity contribution >= 4 is 47.3 Å². The fraction of sp³-hybridized carbons (Fsp3) is 0.750. The Morgan fingerprint density at radius 2 is 1.38 bits per heavy atom. The molecule has 0 bridgehead atoms. The average Bonchev–Trinajstić information content (AvgIpc) is 4.02. The molecule has 3 aliphatic heterocycles. The number of rotatable bonds is 25. The van der Waals surface area contributed by atoms with Gasteiger partial charge < -0.3 is 93.0 Å². The SMILES string of the molecule is CC[C@H](C)C[C@H](C)CCCCCCCCC(=O)N[C@H]1C[C@@H](O)C(OCCNC(C)C)NC(=O)[C@@H]2[C@@H](O)CCN2C(=O)C([C@H](O)CC(N)=O)NC(=O)C(C[C@@H](O)c2ccc(O)cc2)NC(=O)[C@@H]2C[C@@H](O)CN2C(=O)C([C@@H](C)O)NC1=O.CO. The number of carbonyl (C=O) groups is 8. The van der Waals surface area contributed by atoms with E-state index >= 15 is 0 Å². The van der Waals surface area contributed by atoms with Gasteiger partial charge in [0, 0.05) is 58.5 Å². The number of hydrogen-bond acceptors (Lipinski definition) is 18. The Balaban J connectivity index is 0.00000872. The zero-order chi connectivity index (χ0) is 61.4. The molecule has 26 nitrogen and oxygen atoms in total. The van der Waals surface area contributed by atoms with E-state index in [1.165, 1.54) is 37.6 Å². The number of fused-ring (bicyclic) bond motifs is 2. The summed E-state index contributed by atoms with van der Waals surface area (Å²) in [5.74, 6) is -7.38. The second-order valence-corrected chi connectivity index (χ2v) is 22.4. The minimum Gasteiger partial charge on any atom is -0.508 e. The Hall–Kier alpha value is -5.58. The van der Waals surface area contributed by atoms with Gasteiger partial charge in [-0.2, -0.15) is 0 Å². The van der Waals surface area contributed by atoms with Gasteiger partial charge in [-0.15, -0.1) is 0 Å². The van der Waals surface area contributed by atoms with Crippen molar-refractivity contribution < 1.29 is 83.9 Å². The lowest BCUT2D eigenvalue weighted by Crippen LogP contribution is -2.63. The topological polar surface area (TPSA) is 412 Å². The van der Waals surface area contributed by atoms with Gasteiger partial charge in [0.1, 0.15) is 48.1 Å². The number of aliphatic hydroxyl groups is 7. The van der Waals surface area contributed by atoms with Crippen molar-refractivity contribution in [2.75, 3.05) is 33.4 Å². The number of nitrogens with two attached hydrogens (primary N) is 1. The molecule has 3 heterocycles. The summed E-state index contributed by atoms with van der Waals surface area (Å²) in [6, 6.07) is -5.80. The monoisotopic (exact) mass is 1170 g/mol. The van der Waals surface area contributed by atoms with Gasteiger partial charge in [0.15, 0.2) is 6.23 Å². The molecule has 0 spiro atoms. The first kappa shape index (κ1) is 70.7. The van der Waals surface area contributed by atoms with Crippen LogP contribution >= 0.6 is 0 Å². The van der Waals surface area contributed by atoms with Crippen LogP contribution in [0.4, 0.5) is 0 Å². The number of phenolic OH excluding ortho intramolecular Hbond substituents is 1. The van der Waals surface area contributed by atoms with Crippen molar-refractivity contribution in [2.24, 2.45) is 17.6 Å². The summed E-state index contributed by atoms with van der Waals surface area (Å²) in [4.78, 5) is 115. The molecular formula is C56H95N9O17. The molecule has 0 aliphatic carbocycles. The van der Waals surface area contributed by atoms with Crippen LogP contribution in [0.15, 0.2) is 24.3 Å². The molecular weight excluding hydrogens is 1070 g/mol. The molecule has 4 rings (SSSR count). The predicted octanol–water partition coefficient (Wildman–Crippen LogP) is -1.68. The van der Waals surface area contributed by atoms with Crippen molar-refractivity contribution in [3.63, 3.8) is 0 Å². The van der Waals surface area contributed by atoms with Crippen LogP contribution in [-0.4, -0.2) is 210 Å². The molecule has 82 heavy (non-hydrogen) atoms. The van der Waals surface area contributed by atoms with E-state index in [0.717, 1.165) is 55.4 Å². The van der Waals surface area contributed by atoms with Crippen LogP contribution in [0.5, 0.6) is 5.75 Å². The number of nitrogens with one attached hydrogen (secondary N) is 6. The van der Waals surface area contributed by atoms with E-state index in [1.807, 2.05) is 13.8 Å². The average molecular weight is 1170 g/mol. The number of ether oxygens (including phenoxy) is 1. The van der Waals surface area contributed by atoms with Crippen molar-refractivity contribution in [3.8, 4) is 5.75 Å². The van der Waals surface area contributed by atoms with Crippen LogP contribution in [0.3, 0.4) is 0 Å². The molecule has 466 valence electrons. The molecule has 26 heteroatoms. The van der Waals surface area contributed by atoms with Gasteiger partial charge in [-0.3, -0.25) is 38.4 Å². The minimum atomic E-state index is -2.12. The number of nitrogens with zero attached hydrogens (tertiary/aromatic N) is 2. The quantitative estimate of drug-likeness (QED) is 0.0486. The first-order chi connectivity index (χ1) is 38.8. The van der Waals surface area contributed by atoms with Gasteiger partial charge in [0.05, 0.1) is 43.5 Å². The molecule has 0 saturated carbocycles. The number of benzene rings is 1. The second-order valence-electron chi connectivity index (χ2n) is 22.4. The van der Waals surface area contributed by atoms with Crippen LogP contribution < -0.4 is 37.6 Å². The van der Waals surface area contributed by atoms with E-state index in [4.69, 9.17) is 15.6 Å². The molecule has 0 aromatic heterocycles. The van der Waals surface area contributed by atoms with Gasteiger partial charge in [-0.05, 0) is 55.7 Å². The number of aliphatic hydroxyl groups excluding tert-OH is 7. The lowest BCUT2D eigenvalue weighted by molar-refractivity contribution is -0.149. The third-order valence-electron chi connectivity index (χ3n) is 15.1. The van der Waals surface area contributed by atoms with Gasteiger partial charge >= 0.3 is 0 Å². The Bertz CT molecular complexity index is 2190. The Morgan fingerprint density at radius 1 is 0.756 bits per heavy atom. The highest BCUT2D eigenvalue weighted by Crippen LogP contribution is 2.27. The second kappa shape index (κ2) is 35.5. The standard InChI is InChI=1S/C55H91N9O16.CH4O/c1-7-31(4)24-32(5)14-12-10-8-9-11-13-15-45(73)58-37-27-43(71)53(80-23-21-57-30(2)3)62-52(77)48-40(68)20-22-63(48)55(79)47(42(70)28-44(56)72)61-50(75)38(26-41(69)34-16-18-35(66)19-17-34)59-51(76)39-25-36(67)29-64(39)54(78)46(33(6)65)60-49(37)74;1-2/h16-19,30-33,36-43,46-48,53,57,65-71H,7-15,20-29H2,1-6H3,(H2,56,72)(H,58,73)(H,59,76)(H,60,74)(H,61,75)(H,62,77);2H,1H3/t31-,32+,33+,36+,37-,38?,39-,40-,41+,42+,43+,46?,47?,48-,53?;/m0./s1. The van der Waals surface area contributed by atoms with Gasteiger partial charge in [0.2, 0.25) is 47.3 Å². The molecule has 1 aromatic rings. The molecule has 3 aliphatic rings. The largest absolute Gasteiger partial charge is 0.508 e. The third-order valence-corrected chi connectivity index (χ3v) is 15.1. The summed E-state index contributed by atoms with van der Waals surface area (Å²) >= 11 is 0. The summed E-state index contributed by atoms with van der Waals surface area (Å²) in [7, 11) is 1.00. The van der Waals surface area contributed by atoms with Crippen LogP contribution in [-0.2, 0) is 43.1 Å². The van der Waals surface area contributed by atoms with Crippen LogP contribution in [0.1, 0.15) is 150 Å². The van der Waals surface area contributed by atoms with E-state index in [1.54, 1.807) is 0 Å². The molecule has 16 N–H and O–H groups in total. The van der Waals surface area contributed by atoms with Gasteiger partial charge in [0.25, 0.3) is 0 Å². The number of hydrogen-bond donors (Lipinski definition) is 15. The molecule has 4 unspecified atom stereocenters. The smallest absolute Gasteiger partial charge is 0.248 e. The van der Waals surface area contributed by atoms with E-state index in [2.05, 4.69) is 52.7 Å². The summed E-state index contributed by atoms with van der Waals surface area (Å²) in [6.07, 6.45) is -6.24. The van der Waals surface area contributed by atoms with E-state index in [9.17, 15) is 74.1 Å². The summed E-state index contributed by atoms with van der Waals surface area (Å²) < 4.78 is 5.98. The fourth-order valence-electron chi connectivity index (χ4n) is 10.4. The lowest BCUT2D eigenvalue weighted by atomic mass is 9.91. The van der Waals surface area contributed by atoms with Crippen LogP contribution in [0, 0.1) is 11.8 Å². The normalized spacial score (nSPS) is 27.0. The number of phenols is 1. The number of unbranched alkanes of at least 4 members (excludes halogenated alkanes) is 5. The number of carbonyl (C=O) groups excluding carboxylic acids is 8. The first-order valence-electron chi connectivity index (χ1n) is 28.9. The fourth-order valence-corrected chi connectivity index (χ4v) is 10.4. The molecule has 15 atom stereocenters. The Kier molecular flexibility index (Phi) is 30.6. The van der Waals surface area contributed by atoms with E-state index in [0.29, 0.717) is 24.7 Å². The molecule has 8 amide bonds. The number of aromatic hydroxyl groups is 1. The maximum Gasteiger partial charge on any atom is 0.248 e. The highest BCUT2D eigenvalue weighted by atomic mass is 16.5. The maximum atomic E-state index is 14.7. The molecule has 0 radical (unpaired) electrons. The van der Waals surface area contributed by atoms with Crippen LogP contribution in [0.2, 0.25) is 0 Å². The molecule has 3 fully saturated rings. The van der Waals surface area contributed by atoms with Crippen molar-refractivity contribution in [1.29, 1.82) is 0 Å². The van der Waals surface area contributed by atoms with Gasteiger partial charge in [-0.1, -0.05) is 91.7 Å². The summed E-state index contributed by atoms with van der Waals surface area (Å²) in [5, 5.41) is 100. The molecule has 1 aromatic carbocycles. The molecule has 3 saturated heterocycles. The Labute approximate surface area is 481 Å². The van der Waals surface area contributed by atoms with E-state index < -0.39 is 159 Å². The summed E-state index contributed by atoms with van der Waals surface area (Å²) in [5.41, 5.74) is 5.57. The Morgan fingerprint density at radius 3 is 2.00 bits per heavy atom. The van der Waals surface area contributed by atoms with Crippen LogP contribution in [0.25, 0.3) is 0 Å². The minimum absolute atomic E-state index is 0.0265. The summed E-state index contributed by atoms with van der Waals surface area (Å²) in [6.45, 7) is 10.8. The zero-order valence-corrected chi connectivity index (χ0v) is 48.7. The highest BCUT2D eigenvalue weighted by molar-refractivity contribution is 5.98. The highest BCUT2D eigenvalue weighted by Gasteiger charge is 2.48. The van der Waals surface area contributed by atoms with Crippen molar-refractivity contribution in [1.82, 2.24) is 41.7 Å². The maximum absolute atomic E-state index is 14.7. The van der Waals surface area contributed by atoms with E-state index in [-0.39, 0.29) is 49.9 Å². The number of amides is 8. The third kappa shape index (κ3) is 22.5. The lowest BCUT2D eigenvalue weighted by Gasteiger charge is -2.34. The van der Waals surface area contributed by atoms with Crippen molar-refractivity contribution in [2.45, 2.75) is 223 Å². The first-order valence-corrected chi connectivity index (χ1v) is 28.9. The number of primary amides is 1. The zero-order valence-electron chi connectivity index (χ0n) is 48.7. The van der Waals surface area contributed by atoms with Gasteiger partial charge in [-0.25, -0.2) is 0 Å². The van der Waals surface area contributed by atoms with Crippen molar-refractivity contribution in [3.05, 3.63) is 29.8 Å². The predicted molar refractivity (Wildman–Crippen MR) is 299 cm³/mol.